The van der Waals surface area contributed by atoms with Crippen molar-refractivity contribution in [3.63, 3.8) is 0 Å². The molecule has 0 bridgehead atoms. The average molecular weight is 447 g/mol. The van der Waals surface area contributed by atoms with Crippen LogP contribution in [0.2, 0.25) is 0 Å². The molecule has 0 saturated carbocycles. The second kappa shape index (κ2) is 8.97. The second-order valence-electron chi connectivity index (χ2n) is 8.64. The van der Waals surface area contributed by atoms with E-state index in [4.69, 9.17) is 4.74 Å². The molecule has 172 valence electrons. The normalized spacial score (nSPS) is 17.7. The molecule has 0 unspecified atom stereocenters. The van der Waals surface area contributed by atoms with Crippen molar-refractivity contribution in [2.75, 3.05) is 19.8 Å². The van der Waals surface area contributed by atoms with Crippen LogP contribution in [-0.2, 0) is 30.5 Å². The van der Waals surface area contributed by atoms with Gasteiger partial charge in [0.05, 0.1) is 22.5 Å². The molecule has 1 saturated heterocycles. The predicted octanol–water partition coefficient (Wildman–Crippen LogP) is 3.14. The lowest BCUT2D eigenvalue weighted by Crippen LogP contribution is -2.40. The Kier molecular flexibility index (Phi) is 6.28. The number of halogens is 2. The van der Waals surface area contributed by atoms with Crippen LogP contribution in [-0.4, -0.2) is 46.5 Å². The maximum Gasteiger partial charge on any atom is 0.336 e. The van der Waals surface area contributed by atoms with Gasteiger partial charge in [-0.15, -0.1) is 0 Å². The number of fused-ring (bicyclic) bond motifs is 1. The maximum atomic E-state index is 14.3. The van der Waals surface area contributed by atoms with Crippen molar-refractivity contribution in [1.82, 2.24) is 15.1 Å². The molecule has 1 aromatic heterocycles. The highest BCUT2D eigenvalue weighted by Crippen LogP contribution is 2.37. The largest absolute Gasteiger partial charge is 0.478 e. The number of amides is 1. The summed E-state index contributed by atoms with van der Waals surface area (Å²) in [5.41, 5.74) is 1.75. The second-order valence-corrected chi connectivity index (χ2v) is 8.64. The van der Waals surface area contributed by atoms with E-state index in [9.17, 15) is 23.5 Å². The van der Waals surface area contributed by atoms with E-state index < -0.39 is 17.6 Å². The van der Waals surface area contributed by atoms with Crippen LogP contribution in [0.5, 0.6) is 0 Å². The summed E-state index contributed by atoms with van der Waals surface area (Å²) in [6, 6.07) is 1.55. The first-order valence-electron chi connectivity index (χ1n) is 11.0. The topological polar surface area (TPSA) is 93.5 Å². The van der Waals surface area contributed by atoms with Crippen LogP contribution in [0.25, 0.3) is 0 Å². The number of nitrogens with zero attached hydrogens (tertiary/aromatic N) is 2. The molecule has 0 atom stereocenters. The summed E-state index contributed by atoms with van der Waals surface area (Å²) < 4.78 is 35.1. The van der Waals surface area contributed by atoms with E-state index in [1.54, 1.807) is 0 Å². The van der Waals surface area contributed by atoms with E-state index in [0.717, 1.165) is 30.3 Å². The Morgan fingerprint density at radius 3 is 2.75 bits per heavy atom. The number of carboxylic acids is 1. The average Bonchev–Trinajstić information content (AvgIpc) is 3.03. The number of benzene rings is 1. The van der Waals surface area contributed by atoms with Crippen molar-refractivity contribution in [2.24, 2.45) is 5.41 Å². The van der Waals surface area contributed by atoms with Crippen LogP contribution < -0.4 is 5.32 Å². The van der Waals surface area contributed by atoms with Crippen LogP contribution in [0.3, 0.4) is 0 Å². The van der Waals surface area contributed by atoms with E-state index in [2.05, 4.69) is 10.4 Å². The molecule has 1 amide bonds. The van der Waals surface area contributed by atoms with Gasteiger partial charge in [-0.3, -0.25) is 9.48 Å². The number of rotatable bonds is 6. The number of aromatic carboxylic acids is 1. The fourth-order valence-corrected chi connectivity index (χ4v) is 4.81. The lowest BCUT2D eigenvalue weighted by Gasteiger charge is -2.36. The van der Waals surface area contributed by atoms with E-state index in [1.165, 1.54) is 0 Å². The molecule has 32 heavy (non-hydrogen) atoms. The first-order valence-corrected chi connectivity index (χ1v) is 11.0. The zero-order chi connectivity index (χ0) is 22.9. The van der Waals surface area contributed by atoms with Gasteiger partial charge in [-0.25, -0.2) is 13.6 Å². The van der Waals surface area contributed by atoms with Crippen molar-refractivity contribution in [3.8, 4) is 0 Å². The zero-order valence-corrected chi connectivity index (χ0v) is 18.0. The summed E-state index contributed by atoms with van der Waals surface area (Å²) >= 11 is 0. The van der Waals surface area contributed by atoms with Crippen LogP contribution in [0.1, 0.15) is 63.9 Å². The molecule has 1 fully saturated rings. The number of aromatic nitrogens is 2. The Labute approximate surface area is 184 Å². The monoisotopic (exact) mass is 447 g/mol. The zero-order valence-electron chi connectivity index (χ0n) is 18.0. The molecule has 2 aromatic rings. The quantitative estimate of drug-likeness (QED) is 0.710. The van der Waals surface area contributed by atoms with Gasteiger partial charge in [0.15, 0.2) is 0 Å². The number of carboxylic acid groups (broad SMARTS) is 1. The Bertz CT molecular complexity index is 1040. The molecular weight excluding hydrogens is 420 g/mol. The predicted molar refractivity (Wildman–Crippen MR) is 112 cm³/mol. The lowest BCUT2D eigenvalue weighted by molar-refractivity contribution is 0.0152. The van der Waals surface area contributed by atoms with Crippen molar-refractivity contribution in [2.45, 2.75) is 52.0 Å². The summed E-state index contributed by atoms with van der Waals surface area (Å²) in [5, 5.41) is 17.0. The Morgan fingerprint density at radius 1 is 1.31 bits per heavy atom. The summed E-state index contributed by atoms with van der Waals surface area (Å²) in [6.45, 7) is 4.25. The van der Waals surface area contributed by atoms with Gasteiger partial charge in [0, 0.05) is 37.9 Å². The van der Waals surface area contributed by atoms with Gasteiger partial charge >= 0.3 is 5.97 Å². The Hall–Kier alpha value is -2.81. The molecule has 3 heterocycles. The van der Waals surface area contributed by atoms with E-state index >= 15 is 0 Å². The highest BCUT2D eigenvalue weighted by molar-refractivity contribution is 5.97. The summed E-state index contributed by atoms with van der Waals surface area (Å²) in [7, 11) is 0. The van der Waals surface area contributed by atoms with E-state index in [0.29, 0.717) is 57.2 Å². The lowest BCUT2D eigenvalue weighted by atomic mass is 9.76. The molecule has 2 aliphatic rings. The number of hydrogen-bond donors (Lipinski definition) is 2. The minimum atomic E-state index is -1.36. The molecule has 2 aliphatic heterocycles. The molecule has 1 aromatic carbocycles. The Morgan fingerprint density at radius 2 is 2.06 bits per heavy atom. The third kappa shape index (κ3) is 4.26. The van der Waals surface area contributed by atoms with Gasteiger partial charge < -0.3 is 15.2 Å². The van der Waals surface area contributed by atoms with Gasteiger partial charge in [0.2, 0.25) is 0 Å². The summed E-state index contributed by atoms with van der Waals surface area (Å²) in [6.07, 6.45) is 3.52. The van der Waals surface area contributed by atoms with Gasteiger partial charge in [-0.2, -0.15) is 5.10 Å². The fraction of sp³-hybridized carbons (Fsp3) is 0.522. The standard InChI is InChI=1S/C23H27F2N3O4/c1-2-18-20-19(12-23(13-26-21(20)29)5-8-32-9-6-23)28(27-18)7-3-4-15-16(22(30)31)10-14(24)11-17(15)25/h10-11H,2-9,12-13H2,1H3,(H,26,29)(H,30,31). The molecule has 1 spiro atoms. The fourth-order valence-electron chi connectivity index (χ4n) is 4.81. The molecular formula is C23H27F2N3O4. The number of aryl methyl sites for hydroxylation is 2. The first-order chi connectivity index (χ1) is 15.3. The minimum Gasteiger partial charge on any atom is -0.478 e. The van der Waals surface area contributed by atoms with Crippen molar-refractivity contribution in [1.29, 1.82) is 0 Å². The SMILES string of the molecule is CCc1nn(CCCc2c(F)cc(F)cc2C(=O)O)c2c1C(=O)NCC1(CCOCC1)C2. The van der Waals surface area contributed by atoms with Crippen LogP contribution in [0, 0.1) is 17.0 Å². The summed E-state index contributed by atoms with van der Waals surface area (Å²) in [4.78, 5) is 24.3. The van der Waals surface area contributed by atoms with Gasteiger partial charge in [0.1, 0.15) is 11.6 Å². The third-order valence-corrected chi connectivity index (χ3v) is 6.60. The van der Waals surface area contributed by atoms with E-state index in [1.807, 2.05) is 11.6 Å². The molecule has 0 radical (unpaired) electrons. The maximum absolute atomic E-state index is 14.3. The van der Waals surface area contributed by atoms with Crippen LogP contribution in [0.4, 0.5) is 8.78 Å². The highest BCUT2D eigenvalue weighted by atomic mass is 19.1. The molecule has 0 aliphatic carbocycles. The number of nitrogens with one attached hydrogen (secondary N) is 1. The van der Waals surface area contributed by atoms with Crippen molar-refractivity contribution < 1.29 is 28.2 Å². The van der Waals surface area contributed by atoms with Gasteiger partial charge in [0.25, 0.3) is 5.91 Å². The summed E-state index contributed by atoms with van der Waals surface area (Å²) in [5.74, 6) is -3.26. The highest BCUT2D eigenvalue weighted by Gasteiger charge is 2.39. The van der Waals surface area contributed by atoms with Crippen LogP contribution in [0.15, 0.2) is 12.1 Å². The van der Waals surface area contributed by atoms with E-state index in [-0.39, 0.29) is 28.9 Å². The minimum absolute atomic E-state index is 0.0218. The van der Waals surface area contributed by atoms with Gasteiger partial charge in [-0.05, 0) is 50.0 Å². The van der Waals surface area contributed by atoms with Crippen molar-refractivity contribution in [3.05, 3.63) is 51.8 Å². The number of carbonyl (C=O) groups excluding carboxylic acids is 1. The third-order valence-electron chi connectivity index (χ3n) is 6.60. The number of ether oxygens (including phenoxy) is 1. The number of hydrogen-bond acceptors (Lipinski definition) is 4. The molecule has 2 N–H and O–H groups in total. The molecule has 9 heteroatoms. The van der Waals surface area contributed by atoms with Gasteiger partial charge in [-0.1, -0.05) is 6.92 Å². The Balaban J connectivity index is 1.60. The van der Waals surface area contributed by atoms with Crippen LogP contribution >= 0.6 is 0 Å². The number of carbonyl (C=O) groups is 2. The molecule has 7 nitrogen and oxygen atoms in total. The van der Waals surface area contributed by atoms with Crippen molar-refractivity contribution >= 4 is 11.9 Å². The first kappa shape index (κ1) is 22.4. The smallest absolute Gasteiger partial charge is 0.336 e. The molecule has 4 rings (SSSR count).